The quantitative estimate of drug-likeness (QED) is 0.574. The molecule has 0 aliphatic carbocycles. The summed E-state index contributed by atoms with van der Waals surface area (Å²) in [5.41, 5.74) is 2.78. The molecule has 1 aliphatic rings. The van der Waals surface area contributed by atoms with Gasteiger partial charge < -0.3 is 19.0 Å². The molecule has 3 aromatic heterocycles. The highest BCUT2D eigenvalue weighted by atomic mass is 16.6. The monoisotopic (exact) mass is 386 g/mol. The fraction of sp³-hybridized carbons (Fsp3) is 0.136. The van der Waals surface area contributed by atoms with Gasteiger partial charge in [0.1, 0.15) is 11.8 Å². The number of aromatic amines is 1. The summed E-state index contributed by atoms with van der Waals surface area (Å²) in [5.74, 6) is 0.933. The molecule has 1 unspecified atom stereocenters. The van der Waals surface area contributed by atoms with E-state index in [4.69, 9.17) is 9.15 Å². The fourth-order valence-electron chi connectivity index (χ4n) is 3.61. The number of imidazole rings is 1. The molecule has 0 saturated heterocycles. The number of para-hydroxylation sites is 1. The van der Waals surface area contributed by atoms with Crippen LogP contribution in [0.25, 0.3) is 0 Å². The largest absolute Gasteiger partial charge is 0.426 e. The minimum atomic E-state index is -0.324. The average molecular weight is 386 g/mol. The molecule has 1 aromatic carbocycles. The van der Waals surface area contributed by atoms with Gasteiger partial charge in [-0.15, -0.1) is 0 Å². The highest BCUT2D eigenvalue weighted by Crippen LogP contribution is 2.34. The summed E-state index contributed by atoms with van der Waals surface area (Å²) in [6.07, 6.45) is 5.84. The van der Waals surface area contributed by atoms with E-state index in [2.05, 4.69) is 15.0 Å². The topological polar surface area (TPSA) is 84.2 Å². The van der Waals surface area contributed by atoms with Crippen LogP contribution in [0.1, 0.15) is 33.5 Å². The van der Waals surface area contributed by atoms with Crippen LogP contribution < -0.4 is 4.74 Å². The maximum atomic E-state index is 13.3. The first-order valence-electron chi connectivity index (χ1n) is 9.35. The van der Waals surface area contributed by atoms with Gasteiger partial charge in [-0.3, -0.25) is 9.78 Å². The molecule has 0 saturated carbocycles. The van der Waals surface area contributed by atoms with E-state index in [-0.39, 0.29) is 23.7 Å². The van der Waals surface area contributed by atoms with E-state index in [1.54, 1.807) is 35.8 Å². The second kappa shape index (κ2) is 7.27. The normalized spacial score (nSPS) is 15.7. The van der Waals surface area contributed by atoms with Crippen molar-refractivity contribution in [3.8, 4) is 11.7 Å². The third-order valence-corrected chi connectivity index (χ3v) is 4.94. The van der Waals surface area contributed by atoms with E-state index in [1.807, 2.05) is 42.5 Å². The zero-order valence-corrected chi connectivity index (χ0v) is 15.5. The molecular weight excluding hydrogens is 368 g/mol. The van der Waals surface area contributed by atoms with E-state index in [0.717, 1.165) is 17.0 Å². The van der Waals surface area contributed by atoms with Crippen molar-refractivity contribution in [1.29, 1.82) is 0 Å². The van der Waals surface area contributed by atoms with Gasteiger partial charge in [0.2, 0.25) is 0 Å². The van der Waals surface area contributed by atoms with E-state index in [1.165, 1.54) is 0 Å². The lowest BCUT2D eigenvalue weighted by atomic mass is 9.96. The minimum Gasteiger partial charge on any atom is -0.426 e. The number of furan rings is 1. The number of rotatable bonds is 4. The van der Waals surface area contributed by atoms with Gasteiger partial charge in [0.15, 0.2) is 5.76 Å². The van der Waals surface area contributed by atoms with Gasteiger partial charge in [-0.1, -0.05) is 24.3 Å². The van der Waals surface area contributed by atoms with Crippen LogP contribution >= 0.6 is 0 Å². The van der Waals surface area contributed by atoms with E-state index >= 15 is 0 Å². The Balaban J connectivity index is 1.44. The number of nitrogens with zero attached hydrogens (tertiary/aromatic N) is 3. The van der Waals surface area contributed by atoms with Gasteiger partial charge in [0, 0.05) is 37.1 Å². The van der Waals surface area contributed by atoms with Crippen LogP contribution in [0.5, 0.6) is 11.7 Å². The molecule has 4 aromatic rings. The summed E-state index contributed by atoms with van der Waals surface area (Å²) >= 11 is 0. The lowest BCUT2D eigenvalue weighted by molar-refractivity contribution is 0.0652. The van der Waals surface area contributed by atoms with Crippen molar-refractivity contribution < 1.29 is 13.9 Å². The molecule has 7 nitrogen and oxygen atoms in total. The molecule has 7 heteroatoms. The SMILES string of the molecule is O=C(c1ccc(Oc2ccccc2)o1)N1CCc2[nH]cnc2C1c1cccnc1. The number of H-pyrrole nitrogens is 1. The Labute approximate surface area is 167 Å². The number of nitrogens with one attached hydrogen (secondary N) is 1. The van der Waals surface area contributed by atoms with Crippen molar-refractivity contribution in [3.63, 3.8) is 0 Å². The van der Waals surface area contributed by atoms with Crippen molar-refractivity contribution in [2.75, 3.05) is 6.54 Å². The lowest BCUT2D eigenvalue weighted by Crippen LogP contribution is -2.40. The van der Waals surface area contributed by atoms with Crippen LogP contribution in [0, 0.1) is 0 Å². The van der Waals surface area contributed by atoms with Gasteiger partial charge in [-0.25, -0.2) is 4.98 Å². The van der Waals surface area contributed by atoms with Gasteiger partial charge in [0.25, 0.3) is 11.9 Å². The Morgan fingerprint density at radius 2 is 2.03 bits per heavy atom. The molecule has 1 atom stereocenters. The van der Waals surface area contributed by atoms with Crippen molar-refractivity contribution >= 4 is 5.91 Å². The maximum Gasteiger partial charge on any atom is 0.290 e. The molecule has 29 heavy (non-hydrogen) atoms. The molecule has 0 fully saturated rings. The Kier molecular flexibility index (Phi) is 4.32. The molecular formula is C22H18N4O3. The van der Waals surface area contributed by atoms with E-state index in [0.29, 0.717) is 18.7 Å². The number of hydrogen-bond acceptors (Lipinski definition) is 5. The predicted molar refractivity (Wildman–Crippen MR) is 105 cm³/mol. The molecule has 0 radical (unpaired) electrons. The number of aromatic nitrogens is 3. The first kappa shape index (κ1) is 17.2. The van der Waals surface area contributed by atoms with Gasteiger partial charge in [-0.2, -0.15) is 0 Å². The summed E-state index contributed by atoms with van der Waals surface area (Å²) in [6, 6.07) is 16.1. The zero-order chi connectivity index (χ0) is 19.6. The van der Waals surface area contributed by atoms with E-state index in [9.17, 15) is 4.79 Å². The number of fused-ring (bicyclic) bond motifs is 1. The van der Waals surface area contributed by atoms with Crippen LogP contribution in [-0.2, 0) is 6.42 Å². The van der Waals surface area contributed by atoms with Gasteiger partial charge >= 0.3 is 0 Å². The maximum absolute atomic E-state index is 13.3. The predicted octanol–water partition coefficient (Wildman–Crippen LogP) is 3.98. The molecule has 4 heterocycles. The van der Waals surface area contributed by atoms with Gasteiger partial charge in [0.05, 0.1) is 12.0 Å². The van der Waals surface area contributed by atoms with Gasteiger partial charge in [-0.05, 0) is 29.8 Å². The highest BCUT2D eigenvalue weighted by Gasteiger charge is 2.35. The third kappa shape index (κ3) is 3.27. The van der Waals surface area contributed by atoms with Crippen LogP contribution in [-0.4, -0.2) is 32.3 Å². The minimum absolute atomic E-state index is 0.213. The van der Waals surface area contributed by atoms with Crippen LogP contribution in [0.3, 0.4) is 0 Å². The number of amides is 1. The molecule has 5 rings (SSSR count). The first-order chi connectivity index (χ1) is 14.3. The Hall–Kier alpha value is -3.87. The molecule has 1 aliphatic heterocycles. The molecule has 1 N–H and O–H groups in total. The number of ether oxygens (including phenoxy) is 1. The van der Waals surface area contributed by atoms with Crippen LogP contribution in [0.2, 0.25) is 0 Å². The summed E-state index contributed by atoms with van der Waals surface area (Å²) in [4.78, 5) is 26.9. The van der Waals surface area contributed by atoms with Crippen molar-refractivity contribution in [3.05, 3.63) is 96.0 Å². The first-order valence-corrected chi connectivity index (χ1v) is 9.35. The number of pyridine rings is 1. The van der Waals surface area contributed by atoms with E-state index < -0.39 is 0 Å². The van der Waals surface area contributed by atoms with Crippen molar-refractivity contribution in [2.45, 2.75) is 12.5 Å². The van der Waals surface area contributed by atoms with Crippen molar-refractivity contribution in [1.82, 2.24) is 19.9 Å². The number of carbonyl (C=O) groups excluding carboxylic acids is 1. The molecule has 144 valence electrons. The summed E-state index contributed by atoms with van der Waals surface area (Å²) in [6.45, 7) is 0.545. The van der Waals surface area contributed by atoms with Crippen LogP contribution in [0.4, 0.5) is 0 Å². The number of carbonyl (C=O) groups is 1. The average Bonchev–Trinajstić information content (AvgIpc) is 3.43. The molecule has 1 amide bonds. The zero-order valence-electron chi connectivity index (χ0n) is 15.5. The second-order valence-corrected chi connectivity index (χ2v) is 6.74. The molecule has 0 bridgehead atoms. The smallest absolute Gasteiger partial charge is 0.290 e. The summed E-state index contributed by atoms with van der Waals surface area (Å²) < 4.78 is 11.4. The Bertz CT molecular complexity index is 1120. The lowest BCUT2D eigenvalue weighted by Gasteiger charge is -2.34. The highest BCUT2D eigenvalue weighted by molar-refractivity contribution is 5.92. The van der Waals surface area contributed by atoms with Crippen molar-refractivity contribution in [2.24, 2.45) is 0 Å². The summed E-state index contributed by atoms with van der Waals surface area (Å²) in [7, 11) is 0. The second-order valence-electron chi connectivity index (χ2n) is 6.74. The Morgan fingerprint density at radius 1 is 1.14 bits per heavy atom. The third-order valence-electron chi connectivity index (χ3n) is 4.94. The standard InChI is InChI=1S/C22H18N4O3/c27-22(18-8-9-19(29-18)28-16-6-2-1-3-7-16)26-12-10-17-20(25-14-24-17)21(26)15-5-4-11-23-13-15/h1-9,11,13-14,21H,10,12H2,(H,24,25). The van der Waals surface area contributed by atoms with Crippen LogP contribution in [0.15, 0.2) is 77.7 Å². The Morgan fingerprint density at radius 3 is 2.86 bits per heavy atom. The number of benzene rings is 1. The number of hydrogen-bond donors (Lipinski definition) is 1. The molecule has 0 spiro atoms. The summed E-state index contributed by atoms with van der Waals surface area (Å²) in [5, 5.41) is 0. The fourth-order valence-corrected chi connectivity index (χ4v) is 3.61.